The van der Waals surface area contributed by atoms with Crippen LogP contribution in [0.15, 0.2) is 24.3 Å². The number of rotatable bonds is 4. The molecule has 3 aliphatic heterocycles. The van der Waals surface area contributed by atoms with Crippen molar-refractivity contribution in [2.75, 3.05) is 25.4 Å². The first-order chi connectivity index (χ1) is 14.8. The molecule has 4 atom stereocenters. The quantitative estimate of drug-likeness (QED) is 0.648. The van der Waals surface area contributed by atoms with Crippen molar-refractivity contribution in [1.82, 2.24) is 14.5 Å². The predicted molar refractivity (Wildman–Crippen MR) is 122 cm³/mol. The zero-order valence-electron chi connectivity index (χ0n) is 18.1. The van der Waals surface area contributed by atoms with Crippen LogP contribution in [0.5, 0.6) is 5.75 Å². The number of benzene rings is 1. The third kappa shape index (κ3) is 4.73. The summed E-state index contributed by atoms with van der Waals surface area (Å²) in [4.78, 5) is 27.9. The molecule has 0 aliphatic carbocycles. The number of fused-ring (bicyclic) bond motifs is 2. The topological polar surface area (TPSA) is 122 Å². The minimum atomic E-state index is -3.43. The van der Waals surface area contributed by atoms with Crippen LogP contribution in [0.25, 0.3) is 0 Å². The minimum absolute atomic E-state index is 0. The lowest BCUT2D eigenvalue weighted by atomic mass is 10.00. The van der Waals surface area contributed by atoms with Gasteiger partial charge in [-0.05, 0) is 32.3 Å². The summed E-state index contributed by atoms with van der Waals surface area (Å²) in [6, 6.07) is 5.70. The number of para-hydroxylation sites is 1. The van der Waals surface area contributed by atoms with Crippen LogP contribution in [-0.2, 0) is 19.6 Å². The van der Waals surface area contributed by atoms with Crippen molar-refractivity contribution in [2.45, 2.75) is 56.8 Å². The molecular formula is C21H31ClN4O5S. The molecule has 0 spiro atoms. The monoisotopic (exact) mass is 486 g/mol. The second-order valence-corrected chi connectivity index (χ2v) is 10.6. The van der Waals surface area contributed by atoms with Crippen molar-refractivity contribution in [1.29, 1.82) is 0 Å². The third-order valence-electron chi connectivity index (χ3n) is 6.52. The number of ether oxygens (including phenoxy) is 1. The normalized spacial score (nSPS) is 28.4. The van der Waals surface area contributed by atoms with E-state index in [4.69, 9.17) is 10.5 Å². The fourth-order valence-electron chi connectivity index (χ4n) is 4.83. The van der Waals surface area contributed by atoms with Gasteiger partial charge in [-0.15, -0.1) is 12.4 Å². The van der Waals surface area contributed by atoms with Gasteiger partial charge in [0.1, 0.15) is 11.8 Å². The van der Waals surface area contributed by atoms with E-state index in [1.54, 1.807) is 11.8 Å². The molecule has 0 unspecified atom stereocenters. The highest BCUT2D eigenvalue weighted by atomic mass is 35.5. The Labute approximate surface area is 195 Å². The van der Waals surface area contributed by atoms with Gasteiger partial charge >= 0.3 is 0 Å². The summed E-state index contributed by atoms with van der Waals surface area (Å²) < 4.78 is 31.6. The van der Waals surface area contributed by atoms with Crippen LogP contribution >= 0.6 is 12.4 Å². The largest absolute Gasteiger partial charge is 0.493 e. The minimum Gasteiger partial charge on any atom is -0.493 e. The molecule has 2 fully saturated rings. The van der Waals surface area contributed by atoms with Crippen molar-refractivity contribution in [3.63, 3.8) is 0 Å². The average molecular weight is 487 g/mol. The van der Waals surface area contributed by atoms with Crippen molar-refractivity contribution >= 4 is 34.2 Å². The number of halogens is 1. The summed E-state index contributed by atoms with van der Waals surface area (Å²) >= 11 is 0. The van der Waals surface area contributed by atoms with E-state index in [0.29, 0.717) is 38.8 Å². The van der Waals surface area contributed by atoms with Gasteiger partial charge in [-0.3, -0.25) is 9.59 Å². The van der Waals surface area contributed by atoms with Crippen LogP contribution in [0.3, 0.4) is 0 Å². The van der Waals surface area contributed by atoms with Gasteiger partial charge in [0.15, 0.2) is 0 Å². The molecule has 178 valence electrons. The number of carbonyl (C=O) groups excluding carboxylic acids is 2. The lowest BCUT2D eigenvalue weighted by Crippen LogP contribution is -2.59. The van der Waals surface area contributed by atoms with Gasteiger partial charge in [-0.1, -0.05) is 18.2 Å². The molecule has 1 aromatic rings. The molecule has 3 aliphatic rings. The van der Waals surface area contributed by atoms with Gasteiger partial charge < -0.3 is 20.7 Å². The Morgan fingerprint density at radius 1 is 1.22 bits per heavy atom. The first kappa shape index (κ1) is 24.8. The number of amides is 2. The highest BCUT2D eigenvalue weighted by Gasteiger charge is 2.45. The number of hydrogen-bond donors (Lipinski definition) is 2. The molecule has 0 radical (unpaired) electrons. The van der Waals surface area contributed by atoms with Crippen molar-refractivity contribution in [2.24, 2.45) is 5.73 Å². The van der Waals surface area contributed by atoms with E-state index < -0.39 is 22.1 Å². The number of nitrogens with zero attached hydrogens (tertiary/aromatic N) is 2. The first-order valence-electron chi connectivity index (χ1n) is 10.9. The van der Waals surface area contributed by atoms with E-state index in [1.165, 1.54) is 4.31 Å². The Hall–Kier alpha value is -1.88. The summed E-state index contributed by atoms with van der Waals surface area (Å²) in [6.07, 6.45) is 2.36. The summed E-state index contributed by atoms with van der Waals surface area (Å²) in [5.74, 6) is 0.194. The highest BCUT2D eigenvalue weighted by Crippen LogP contribution is 2.33. The zero-order chi connectivity index (χ0) is 22.2. The maximum atomic E-state index is 13.2. The van der Waals surface area contributed by atoms with Gasteiger partial charge in [-0.25, -0.2) is 8.42 Å². The zero-order valence-corrected chi connectivity index (χ0v) is 19.7. The number of nitrogens with two attached hydrogens (primary N) is 1. The maximum absolute atomic E-state index is 13.2. The van der Waals surface area contributed by atoms with Crippen LogP contribution in [0.2, 0.25) is 0 Å². The molecule has 9 nitrogen and oxygen atoms in total. The van der Waals surface area contributed by atoms with Gasteiger partial charge in [0.2, 0.25) is 21.8 Å². The average Bonchev–Trinajstić information content (AvgIpc) is 3.18. The standard InChI is InChI=1S/C21H30N4O5S.ClH/c1-2-31(28,29)24-11-9-14-7-8-18(25(14)21(27)16(22)13-24)20(26)23-17-10-12-30-19-6-4-3-5-15(17)19;/h3-6,14,16-18H,2,7-13,22H2,1H3,(H,23,26);1H/t14-,16+,17-,18+;/m1./s1. The first-order valence-corrected chi connectivity index (χ1v) is 12.5. The molecule has 2 amide bonds. The summed E-state index contributed by atoms with van der Waals surface area (Å²) in [5.41, 5.74) is 7.05. The lowest BCUT2D eigenvalue weighted by molar-refractivity contribution is -0.142. The number of nitrogens with one attached hydrogen (secondary N) is 1. The Bertz CT molecular complexity index is 959. The molecule has 4 rings (SSSR count). The Morgan fingerprint density at radius 3 is 2.72 bits per heavy atom. The Morgan fingerprint density at radius 2 is 1.97 bits per heavy atom. The Kier molecular flexibility index (Phi) is 7.69. The maximum Gasteiger partial charge on any atom is 0.243 e. The fraction of sp³-hybridized carbons (Fsp3) is 0.619. The van der Waals surface area contributed by atoms with Crippen LogP contribution in [0.1, 0.15) is 44.2 Å². The van der Waals surface area contributed by atoms with E-state index in [1.807, 2.05) is 24.3 Å². The predicted octanol–water partition coefficient (Wildman–Crippen LogP) is 0.791. The van der Waals surface area contributed by atoms with Crippen LogP contribution in [0.4, 0.5) is 0 Å². The van der Waals surface area contributed by atoms with E-state index in [0.717, 1.165) is 11.3 Å². The van der Waals surface area contributed by atoms with Gasteiger partial charge in [0.25, 0.3) is 0 Å². The van der Waals surface area contributed by atoms with E-state index >= 15 is 0 Å². The van der Waals surface area contributed by atoms with Gasteiger partial charge in [-0.2, -0.15) is 4.31 Å². The number of sulfonamides is 1. The Balaban J connectivity index is 0.00000289. The number of hydrogen-bond acceptors (Lipinski definition) is 6. The second-order valence-electron chi connectivity index (χ2n) is 8.38. The fourth-order valence-corrected chi connectivity index (χ4v) is 5.96. The molecule has 11 heteroatoms. The molecule has 0 bridgehead atoms. The smallest absolute Gasteiger partial charge is 0.243 e. The molecule has 3 heterocycles. The molecule has 1 aromatic carbocycles. The molecule has 3 N–H and O–H groups in total. The van der Waals surface area contributed by atoms with Crippen LogP contribution < -0.4 is 15.8 Å². The van der Waals surface area contributed by atoms with Crippen LogP contribution in [-0.4, -0.2) is 73.0 Å². The van der Waals surface area contributed by atoms with Gasteiger partial charge in [0, 0.05) is 31.1 Å². The lowest BCUT2D eigenvalue weighted by Gasteiger charge is -2.37. The molecule has 32 heavy (non-hydrogen) atoms. The summed E-state index contributed by atoms with van der Waals surface area (Å²) in [5, 5.41) is 3.10. The second kappa shape index (κ2) is 9.94. The van der Waals surface area contributed by atoms with E-state index in [-0.39, 0.29) is 48.6 Å². The number of carbonyl (C=O) groups is 2. The van der Waals surface area contributed by atoms with E-state index in [2.05, 4.69) is 5.32 Å². The molecule has 0 saturated carbocycles. The summed E-state index contributed by atoms with van der Waals surface area (Å²) in [6.45, 7) is 2.35. The van der Waals surface area contributed by atoms with Crippen molar-refractivity contribution in [3.8, 4) is 5.75 Å². The van der Waals surface area contributed by atoms with Gasteiger partial charge in [0.05, 0.1) is 24.4 Å². The van der Waals surface area contributed by atoms with Crippen LogP contribution in [0, 0.1) is 0 Å². The SMILES string of the molecule is CCS(=O)(=O)N1CC[C@H]2CC[C@@H](C(=O)N[C@@H]3CCOc4ccccc43)N2C(=O)[C@@H](N)C1.Cl. The summed E-state index contributed by atoms with van der Waals surface area (Å²) in [7, 11) is -3.43. The molecule has 0 aromatic heterocycles. The van der Waals surface area contributed by atoms with E-state index in [9.17, 15) is 18.0 Å². The van der Waals surface area contributed by atoms with Crippen molar-refractivity contribution < 1.29 is 22.7 Å². The molecule has 2 saturated heterocycles. The third-order valence-corrected chi connectivity index (χ3v) is 8.37. The molecular weight excluding hydrogens is 456 g/mol. The van der Waals surface area contributed by atoms with Crippen molar-refractivity contribution in [3.05, 3.63) is 29.8 Å². The highest BCUT2D eigenvalue weighted by molar-refractivity contribution is 7.89.